The van der Waals surface area contributed by atoms with Crippen molar-refractivity contribution in [1.29, 1.82) is 0 Å². The third-order valence-electron chi connectivity index (χ3n) is 5.78. The molecule has 1 atom stereocenters. The van der Waals surface area contributed by atoms with Crippen molar-refractivity contribution in [2.45, 2.75) is 25.8 Å². The molecular formula is C27H28FN3O3. The van der Waals surface area contributed by atoms with Crippen LogP contribution in [0.5, 0.6) is 11.5 Å². The first-order valence-corrected chi connectivity index (χ1v) is 11.3. The van der Waals surface area contributed by atoms with E-state index in [0.29, 0.717) is 40.5 Å². The van der Waals surface area contributed by atoms with Crippen molar-refractivity contribution in [2.24, 2.45) is 0 Å². The number of amides is 1. The van der Waals surface area contributed by atoms with Gasteiger partial charge in [0.05, 0.1) is 30.8 Å². The summed E-state index contributed by atoms with van der Waals surface area (Å²) in [6, 6.07) is 18.3. The molecule has 1 aromatic heterocycles. The average Bonchev–Trinajstić information content (AvgIpc) is 3.24. The van der Waals surface area contributed by atoms with Gasteiger partial charge in [-0.05, 0) is 36.8 Å². The lowest BCUT2D eigenvalue weighted by atomic mass is 10.0. The number of carbonyl (C=O) groups excluding carboxylic acids is 1. The van der Waals surface area contributed by atoms with Crippen LogP contribution in [0.4, 0.5) is 4.39 Å². The third-order valence-corrected chi connectivity index (χ3v) is 5.78. The number of unbranched alkanes of at least 4 members (excludes halogenated alkanes) is 1. The first-order valence-electron chi connectivity index (χ1n) is 11.3. The summed E-state index contributed by atoms with van der Waals surface area (Å²) in [5.74, 6) is 0.916. The van der Waals surface area contributed by atoms with Gasteiger partial charge in [-0.25, -0.2) is 9.37 Å². The molecule has 176 valence electrons. The van der Waals surface area contributed by atoms with E-state index in [1.807, 2.05) is 30.3 Å². The van der Waals surface area contributed by atoms with Crippen molar-refractivity contribution in [3.63, 3.8) is 0 Å². The highest BCUT2D eigenvalue weighted by molar-refractivity contribution is 5.90. The second-order valence-corrected chi connectivity index (χ2v) is 7.93. The summed E-state index contributed by atoms with van der Waals surface area (Å²) in [5.41, 5.74) is 2.35. The van der Waals surface area contributed by atoms with Crippen molar-refractivity contribution >= 4 is 16.9 Å². The minimum absolute atomic E-state index is 0.272. The molecule has 4 rings (SSSR count). The number of carbonyl (C=O) groups is 1. The highest BCUT2D eigenvalue weighted by atomic mass is 19.1. The van der Waals surface area contributed by atoms with Crippen LogP contribution in [0.15, 0.2) is 66.7 Å². The van der Waals surface area contributed by atoms with Crippen LogP contribution in [0.2, 0.25) is 0 Å². The van der Waals surface area contributed by atoms with Gasteiger partial charge in [-0.3, -0.25) is 4.79 Å². The molecule has 34 heavy (non-hydrogen) atoms. The van der Waals surface area contributed by atoms with E-state index in [1.165, 1.54) is 6.07 Å². The van der Waals surface area contributed by atoms with E-state index in [0.717, 1.165) is 12.8 Å². The van der Waals surface area contributed by atoms with Gasteiger partial charge in [0.15, 0.2) is 0 Å². The summed E-state index contributed by atoms with van der Waals surface area (Å²) in [7, 11) is 3.15. The Morgan fingerprint density at radius 1 is 1.06 bits per heavy atom. The third kappa shape index (κ3) is 4.46. The van der Waals surface area contributed by atoms with Gasteiger partial charge in [0, 0.05) is 18.2 Å². The molecule has 0 aliphatic heterocycles. The summed E-state index contributed by atoms with van der Waals surface area (Å²) >= 11 is 0. The number of nitrogens with zero attached hydrogens (tertiary/aromatic N) is 2. The molecule has 0 bridgehead atoms. The number of hydrogen-bond donors (Lipinski definition) is 1. The van der Waals surface area contributed by atoms with Crippen molar-refractivity contribution in [3.05, 3.63) is 78.1 Å². The molecule has 0 radical (unpaired) electrons. The predicted octanol–water partition coefficient (Wildman–Crippen LogP) is 5.37. The smallest absolute Gasteiger partial charge is 0.247 e. The molecule has 1 amide bonds. The summed E-state index contributed by atoms with van der Waals surface area (Å²) in [6.45, 7) is 2.56. The molecular weight excluding hydrogens is 433 g/mol. The van der Waals surface area contributed by atoms with E-state index in [-0.39, 0.29) is 11.5 Å². The molecule has 1 N–H and O–H groups in total. The Bertz CT molecular complexity index is 1300. The number of fused-ring (bicyclic) bond motifs is 1. The quantitative estimate of drug-likeness (QED) is 0.341. The van der Waals surface area contributed by atoms with Gasteiger partial charge < -0.3 is 19.4 Å². The molecule has 0 spiro atoms. The number of halogens is 1. The summed E-state index contributed by atoms with van der Waals surface area (Å²) in [6.07, 6.45) is 1.77. The van der Waals surface area contributed by atoms with Crippen LogP contribution in [-0.4, -0.2) is 36.2 Å². The number of nitrogens with one attached hydrogen (secondary N) is 1. The number of imidazole rings is 1. The van der Waals surface area contributed by atoms with Gasteiger partial charge in [0.25, 0.3) is 0 Å². The van der Waals surface area contributed by atoms with Crippen LogP contribution in [0, 0.1) is 5.82 Å². The van der Waals surface area contributed by atoms with Gasteiger partial charge in [-0.1, -0.05) is 43.7 Å². The Labute approximate surface area is 198 Å². The van der Waals surface area contributed by atoms with E-state index in [2.05, 4.69) is 12.2 Å². The molecule has 0 saturated carbocycles. The SMILES string of the molecule is CCCCNC(=O)C(c1ccccc1F)n1c(-c2ccc(OC)cc2OC)nc2ccccc21. The largest absolute Gasteiger partial charge is 0.497 e. The number of methoxy groups -OCH3 is 2. The van der Waals surface area contributed by atoms with Crippen molar-refractivity contribution in [3.8, 4) is 22.9 Å². The maximum atomic E-state index is 15.1. The van der Waals surface area contributed by atoms with Crippen molar-refractivity contribution in [2.75, 3.05) is 20.8 Å². The number of benzene rings is 3. The lowest BCUT2D eigenvalue weighted by Gasteiger charge is -2.23. The van der Waals surface area contributed by atoms with Gasteiger partial charge in [-0.15, -0.1) is 0 Å². The summed E-state index contributed by atoms with van der Waals surface area (Å²) in [5, 5.41) is 2.98. The first-order chi connectivity index (χ1) is 16.6. The second kappa shape index (κ2) is 10.4. The van der Waals surface area contributed by atoms with E-state index in [4.69, 9.17) is 14.5 Å². The zero-order chi connectivity index (χ0) is 24.1. The molecule has 3 aromatic carbocycles. The Balaban J connectivity index is 1.98. The Morgan fingerprint density at radius 3 is 2.56 bits per heavy atom. The zero-order valence-corrected chi connectivity index (χ0v) is 19.5. The zero-order valence-electron chi connectivity index (χ0n) is 19.5. The van der Waals surface area contributed by atoms with Crippen LogP contribution in [0.1, 0.15) is 31.4 Å². The van der Waals surface area contributed by atoms with Gasteiger partial charge in [0.2, 0.25) is 5.91 Å². The Morgan fingerprint density at radius 2 is 1.82 bits per heavy atom. The van der Waals surface area contributed by atoms with Gasteiger partial charge in [-0.2, -0.15) is 0 Å². The monoisotopic (exact) mass is 461 g/mol. The highest BCUT2D eigenvalue weighted by Gasteiger charge is 2.30. The van der Waals surface area contributed by atoms with E-state index >= 15 is 4.39 Å². The molecule has 6 nitrogen and oxygen atoms in total. The number of hydrogen-bond acceptors (Lipinski definition) is 4. The summed E-state index contributed by atoms with van der Waals surface area (Å²) in [4.78, 5) is 18.4. The lowest BCUT2D eigenvalue weighted by Crippen LogP contribution is -2.34. The maximum absolute atomic E-state index is 15.1. The van der Waals surface area contributed by atoms with Gasteiger partial charge in [0.1, 0.15) is 29.2 Å². The molecule has 7 heteroatoms. The number of aromatic nitrogens is 2. The van der Waals surface area contributed by atoms with Crippen LogP contribution in [0.3, 0.4) is 0 Å². The normalized spacial score (nSPS) is 11.9. The van der Waals surface area contributed by atoms with Crippen LogP contribution in [0.25, 0.3) is 22.4 Å². The van der Waals surface area contributed by atoms with Crippen molar-refractivity contribution < 1.29 is 18.7 Å². The molecule has 0 aliphatic rings. The predicted molar refractivity (Wildman–Crippen MR) is 131 cm³/mol. The maximum Gasteiger partial charge on any atom is 0.247 e. The first kappa shape index (κ1) is 23.3. The van der Waals surface area contributed by atoms with Gasteiger partial charge >= 0.3 is 0 Å². The molecule has 0 aliphatic carbocycles. The fraction of sp³-hybridized carbons (Fsp3) is 0.259. The van der Waals surface area contributed by atoms with E-state index < -0.39 is 11.9 Å². The highest BCUT2D eigenvalue weighted by Crippen LogP contribution is 2.38. The molecule has 0 fully saturated rings. The van der Waals surface area contributed by atoms with Crippen LogP contribution >= 0.6 is 0 Å². The molecule has 1 unspecified atom stereocenters. The fourth-order valence-corrected chi connectivity index (χ4v) is 4.06. The number of para-hydroxylation sites is 2. The molecule has 0 saturated heterocycles. The topological polar surface area (TPSA) is 65.4 Å². The lowest BCUT2D eigenvalue weighted by molar-refractivity contribution is -0.123. The minimum atomic E-state index is -0.965. The van der Waals surface area contributed by atoms with Crippen molar-refractivity contribution in [1.82, 2.24) is 14.9 Å². The second-order valence-electron chi connectivity index (χ2n) is 7.93. The fourth-order valence-electron chi connectivity index (χ4n) is 4.06. The minimum Gasteiger partial charge on any atom is -0.497 e. The average molecular weight is 462 g/mol. The number of ether oxygens (including phenoxy) is 2. The van der Waals surface area contributed by atoms with Crippen LogP contribution < -0.4 is 14.8 Å². The standard InChI is InChI=1S/C27H28FN3O3/c1-4-5-16-29-27(32)25(19-10-6-7-11-21(19)28)31-23-13-9-8-12-22(23)30-26(31)20-15-14-18(33-2)17-24(20)34-3/h6-15,17,25H,4-5,16H2,1-3H3,(H,29,32). The van der Waals surface area contributed by atoms with E-state index in [1.54, 1.807) is 49.1 Å². The molecule has 4 aromatic rings. The van der Waals surface area contributed by atoms with Crippen LogP contribution in [-0.2, 0) is 4.79 Å². The molecule has 1 heterocycles. The van der Waals surface area contributed by atoms with E-state index in [9.17, 15) is 4.79 Å². The number of rotatable bonds is 9. The Kier molecular flexibility index (Phi) is 7.11. The summed E-state index contributed by atoms with van der Waals surface area (Å²) < 4.78 is 27.9. The Hall–Kier alpha value is -3.87.